The van der Waals surface area contributed by atoms with E-state index in [2.05, 4.69) is 18.9 Å². The number of nitrogens with zero attached hydrogens (tertiary/aromatic N) is 1. The van der Waals surface area contributed by atoms with Crippen molar-refractivity contribution in [2.24, 2.45) is 5.92 Å². The highest BCUT2D eigenvalue weighted by Gasteiger charge is 2.48. The minimum absolute atomic E-state index is 0.0111. The molecule has 0 aliphatic heterocycles. The number of fused-ring (bicyclic) bond motifs is 3. The first kappa shape index (κ1) is 18.7. The van der Waals surface area contributed by atoms with Crippen molar-refractivity contribution < 1.29 is 24.1 Å². The van der Waals surface area contributed by atoms with Gasteiger partial charge in [0.15, 0.2) is 23.0 Å². The van der Waals surface area contributed by atoms with Gasteiger partial charge in [-0.25, -0.2) is 0 Å². The summed E-state index contributed by atoms with van der Waals surface area (Å²) in [6.45, 7) is 2.94. The normalized spacial score (nSPS) is 27.6. The highest BCUT2D eigenvalue weighted by Crippen LogP contribution is 2.54. The fourth-order valence-electron chi connectivity index (χ4n) is 4.43. The first-order valence-electron chi connectivity index (χ1n) is 8.90. The third-order valence-electron chi connectivity index (χ3n) is 5.79. The largest absolute Gasteiger partial charge is 0.504 e. The van der Waals surface area contributed by atoms with Crippen molar-refractivity contribution in [2.45, 2.75) is 31.4 Å². The van der Waals surface area contributed by atoms with Crippen molar-refractivity contribution in [1.29, 1.82) is 0 Å². The van der Waals surface area contributed by atoms with Crippen LogP contribution in [0, 0.1) is 5.92 Å². The summed E-state index contributed by atoms with van der Waals surface area (Å²) in [5.74, 6) is 0.701. The molecule has 142 valence electrons. The molecule has 0 radical (unpaired) electrons. The predicted molar refractivity (Wildman–Crippen MR) is 97.4 cm³/mol. The molecule has 0 amide bonds. The van der Waals surface area contributed by atoms with E-state index in [0.717, 1.165) is 17.7 Å². The maximum Gasteiger partial charge on any atom is 0.197 e. The molecule has 1 N–H and O–H groups in total. The molecule has 0 aromatic heterocycles. The lowest BCUT2D eigenvalue weighted by molar-refractivity contribution is -0.120. The van der Waals surface area contributed by atoms with Gasteiger partial charge in [0, 0.05) is 37.0 Å². The molecule has 0 saturated heterocycles. The number of ketones is 1. The van der Waals surface area contributed by atoms with Crippen molar-refractivity contribution in [3.8, 4) is 11.5 Å². The number of aromatic hydroxyl groups is 1. The van der Waals surface area contributed by atoms with E-state index in [-0.39, 0.29) is 35.5 Å². The van der Waals surface area contributed by atoms with Crippen molar-refractivity contribution in [1.82, 2.24) is 4.90 Å². The van der Waals surface area contributed by atoms with Gasteiger partial charge in [0.2, 0.25) is 0 Å². The number of benzene rings is 1. The third kappa shape index (κ3) is 2.77. The molecule has 0 spiro atoms. The van der Waals surface area contributed by atoms with E-state index < -0.39 is 0 Å². The van der Waals surface area contributed by atoms with E-state index in [1.165, 1.54) is 14.2 Å². The number of carbonyl (C=O) groups is 1. The lowest BCUT2D eigenvalue weighted by atomic mass is 9.65. The summed E-state index contributed by atoms with van der Waals surface area (Å²) in [5.41, 5.74) is 1.67. The Labute approximate surface area is 154 Å². The number of Topliss-reactive ketones (excluding diaryl/α,β-unsaturated/α-hetero) is 1. The minimum atomic E-state index is -0.226. The van der Waals surface area contributed by atoms with Gasteiger partial charge in [-0.3, -0.25) is 4.79 Å². The molecule has 2 aliphatic carbocycles. The Hall–Kier alpha value is -2.05. The monoisotopic (exact) mass is 361 g/mol. The second-order valence-corrected chi connectivity index (χ2v) is 6.89. The number of likely N-dealkylation sites (N-methyl/N-ethyl adjacent to an activating group) is 1. The average molecular weight is 361 g/mol. The number of hydrogen-bond acceptors (Lipinski definition) is 6. The molecular formula is C20H27NO5. The lowest BCUT2D eigenvalue weighted by Gasteiger charge is -2.47. The highest BCUT2D eigenvalue weighted by atomic mass is 16.5. The Morgan fingerprint density at radius 2 is 1.96 bits per heavy atom. The van der Waals surface area contributed by atoms with Gasteiger partial charge in [-0.05, 0) is 31.3 Å². The molecule has 3 rings (SSSR count). The smallest absolute Gasteiger partial charge is 0.197 e. The molecule has 0 saturated carbocycles. The van der Waals surface area contributed by atoms with Crippen molar-refractivity contribution in [2.75, 3.05) is 34.9 Å². The number of phenolic OH excluding ortho intramolecular Hbond substituents is 1. The molecule has 0 fully saturated rings. The molecule has 4 unspecified atom stereocenters. The summed E-state index contributed by atoms with van der Waals surface area (Å²) in [5, 5.41) is 10.8. The Morgan fingerprint density at radius 1 is 1.23 bits per heavy atom. The van der Waals surface area contributed by atoms with E-state index in [0.29, 0.717) is 17.9 Å². The third-order valence-corrected chi connectivity index (χ3v) is 5.79. The highest BCUT2D eigenvalue weighted by molar-refractivity contribution is 5.95. The van der Waals surface area contributed by atoms with Gasteiger partial charge in [0.05, 0.1) is 20.3 Å². The Kier molecular flexibility index (Phi) is 5.25. The summed E-state index contributed by atoms with van der Waals surface area (Å²) in [6, 6.07) is 3.73. The zero-order chi connectivity index (χ0) is 19.0. The first-order valence-corrected chi connectivity index (χ1v) is 8.90. The van der Waals surface area contributed by atoms with Crippen LogP contribution in [-0.2, 0) is 14.3 Å². The molecule has 2 aliphatic rings. The van der Waals surface area contributed by atoms with Crippen molar-refractivity contribution >= 4 is 5.78 Å². The molecule has 0 heterocycles. The summed E-state index contributed by atoms with van der Waals surface area (Å²) < 4.78 is 16.5. The SMILES string of the molecule is CCN(C)C1C(OC)c2ccc(OC)c(O)c2C2CC(=O)C(OC)=CC21. The second kappa shape index (κ2) is 7.29. The number of phenols is 1. The maximum absolute atomic E-state index is 12.5. The van der Waals surface area contributed by atoms with Gasteiger partial charge < -0.3 is 24.2 Å². The first-order chi connectivity index (χ1) is 12.5. The van der Waals surface area contributed by atoms with Crippen LogP contribution >= 0.6 is 0 Å². The van der Waals surface area contributed by atoms with Gasteiger partial charge >= 0.3 is 0 Å². The molecule has 1 aromatic carbocycles. The number of allylic oxidation sites excluding steroid dienone is 1. The van der Waals surface area contributed by atoms with Gasteiger partial charge in [0.25, 0.3) is 0 Å². The van der Waals surface area contributed by atoms with Gasteiger partial charge in [-0.2, -0.15) is 0 Å². The van der Waals surface area contributed by atoms with Crippen LogP contribution in [0.5, 0.6) is 11.5 Å². The van der Waals surface area contributed by atoms with Crippen LogP contribution in [0.25, 0.3) is 0 Å². The standard InChI is InChI=1S/C20H27NO5/c1-6-21(2)18-13-10-16(25-4)14(22)9-12(13)17-11(20(18)26-5)7-8-15(24-3)19(17)23/h7-8,10,12-13,18,20,23H,6,9H2,1-5H3. The molecule has 6 heteroatoms. The summed E-state index contributed by atoms with van der Waals surface area (Å²) in [7, 11) is 6.78. The van der Waals surface area contributed by atoms with Gasteiger partial charge in [-0.1, -0.05) is 13.0 Å². The zero-order valence-electron chi connectivity index (χ0n) is 16.0. The molecule has 4 atom stereocenters. The number of carbonyl (C=O) groups excluding carboxylic acids is 1. The summed E-state index contributed by atoms with van der Waals surface area (Å²) in [4.78, 5) is 14.7. The molecule has 0 bridgehead atoms. The number of methoxy groups -OCH3 is 3. The average Bonchev–Trinajstić information content (AvgIpc) is 2.65. The minimum Gasteiger partial charge on any atom is -0.504 e. The van der Waals surface area contributed by atoms with Crippen LogP contribution in [0.4, 0.5) is 0 Å². The van der Waals surface area contributed by atoms with Crippen LogP contribution in [0.3, 0.4) is 0 Å². The van der Waals surface area contributed by atoms with Crippen LogP contribution in [-0.4, -0.2) is 56.8 Å². The number of hydrogen-bond donors (Lipinski definition) is 1. The van der Waals surface area contributed by atoms with E-state index in [1.54, 1.807) is 13.2 Å². The maximum atomic E-state index is 12.5. The summed E-state index contributed by atoms with van der Waals surface area (Å²) in [6.07, 6.45) is 1.97. The van der Waals surface area contributed by atoms with Crippen molar-refractivity contribution in [3.05, 3.63) is 35.1 Å². The molecule has 6 nitrogen and oxygen atoms in total. The molecule has 1 aromatic rings. The Morgan fingerprint density at radius 3 is 2.54 bits per heavy atom. The topological polar surface area (TPSA) is 68.2 Å². The van der Waals surface area contributed by atoms with E-state index in [4.69, 9.17) is 14.2 Å². The van der Waals surface area contributed by atoms with Crippen LogP contribution in [0.15, 0.2) is 24.0 Å². The van der Waals surface area contributed by atoms with E-state index in [9.17, 15) is 9.90 Å². The fourth-order valence-corrected chi connectivity index (χ4v) is 4.43. The van der Waals surface area contributed by atoms with Crippen LogP contribution < -0.4 is 4.74 Å². The van der Waals surface area contributed by atoms with Gasteiger partial charge in [0.1, 0.15) is 0 Å². The summed E-state index contributed by atoms with van der Waals surface area (Å²) >= 11 is 0. The van der Waals surface area contributed by atoms with Crippen LogP contribution in [0.1, 0.15) is 36.5 Å². The fraction of sp³-hybridized carbons (Fsp3) is 0.550. The number of ether oxygens (including phenoxy) is 3. The van der Waals surface area contributed by atoms with E-state index >= 15 is 0 Å². The predicted octanol–water partition coefficient (Wildman–Crippen LogP) is 2.63. The van der Waals surface area contributed by atoms with Crippen LogP contribution in [0.2, 0.25) is 0 Å². The quantitative estimate of drug-likeness (QED) is 0.870. The van der Waals surface area contributed by atoms with Crippen molar-refractivity contribution in [3.63, 3.8) is 0 Å². The Bertz CT molecular complexity index is 729. The lowest BCUT2D eigenvalue weighted by Crippen LogP contribution is -2.49. The van der Waals surface area contributed by atoms with Gasteiger partial charge in [-0.15, -0.1) is 0 Å². The van der Waals surface area contributed by atoms with E-state index in [1.807, 2.05) is 12.1 Å². The molecule has 26 heavy (non-hydrogen) atoms. The zero-order valence-corrected chi connectivity index (χ0v) is 16.0. The Balaban J connectivity index is 2.24. The number of rotatable bonds is 5. The molecular weight excluding hydrogens is 334 g/mol. The second-order valence-electron chi connectivity index (χ2n) is 6.89.